The van der Waals surface area contributed by atoms with Gasteiger partial charge in [-0.3, -0.25) is 14.5 Å². The maximum Gasteiger partial charge on any atom is 0.326 e. The fourth-order valence-electron chi connectivity index (χ4n) is 3.51. The monoisotopic (exact) mass is 428 g/mol. The molecule has 1 heterocycles. The first kappa shape index (κ1) is 20.7. The number of hydrogen-bond donors (Lipinski definition) is 1. The number of carbonyl (C=O) groups is 3. The van der Waals surface area contributed by atoms with Crippen LogP contribution in [0.25, 0.3) is 0 Å². The van der Waals surface area contributed by atoms with E-state index in [0.29, 0.717) is 34.6 Å². The van der Waals surface area contributed by atoms with Crippen LogP contribution in [-0.4, -0.2) is 48.1 Å². The minimum absolute atomic E-state index is 0.0389. The molecular weight excluding hydrogens is 407 g/mol. The van der Waals surface area contributed by atoms with Crippen molar-refractivity contribution >= 4 is 41.1 Å². The van der Waals surface area contributed by atoms with Gasteiger partial charge in [0.2, 0.25) is 0 Å². The summed E-state index contributed by atoms with van der Waals surface area (Å²) < 4.78 is 10.5. The van der Waals surface area contributed by atoms with Crippen molar-refractivity contribution in [2.24, 2.45) is 5.92 Å². The van der Waals surface area contributed by atoms with Crippen LogP contribution < -0.4 is 10.1 Å². The molecule has 9 heteroatoms. The summed E-state index contributed by atoms with van der Waals surface area (Å²) in [4.78, 5) is 37.9. The zero-order chi connectivity index (χ0) is 20.3. The number of para-hydroxylation sites is 1. The molecule has 152 valence electrons. The Labute approximate surface area is 173 Å². The Hall–Kier alpha value is -1.99. The smallest absolute Gasteiger partial charge is 0.326 e. The van der Waals surface area contributed by atoms with Gasteiger partial charge in [0, 0.05) is 0 Å². The lowest BCUT2D eigenvalue weighted by atomic mass is 9.77. The highest BCUT2D eigenvalue weighted by molar-refractivity contribution is 6.37. The number of ether oxygens (including phenoxy) is 2. The topological polar surface area (TPSA) is 84.9 Å². The molecule has 3 amide bonds. The number of rotatable bonds is 6. The zero-order valence-corrected chi connectivity index (χ0v) is 17.0. The number of hydrogen-bond acceptors (Lipinski definition) is 5. The SMILES string of the molecule is CC1CCC2(CC1)NC(=O)N(CC(=O)OCCOc1c(Cl)cccc1Cl)C2=O. The molecule has 0 radical (unpaired) electrons. The van der Waals surface area contributed by atoms with Crippen LogP contribution >= 0.6 is 23.2 Å². The molecule has 1 N–H and O–H groups in total. The number of urea groups is 1. The highest BCUT2D eigenvalue weighted by Gasteiger charge is 2.52. The Morgan fingerprint density at radius 2 is 1.86 bits per heavy atom. The van der Waals surface area contributed by atoms with Crippen molar-refractivity contribution in [3.05, 3.63) is 28.2 Å². The summed E-state index contributed by atoms with van der Waals surface area (Å²) in [6.45, 7) is 1.68. The van der Waals surface area contributed by atoms with Crippen molar-refractivity contribution in [3.8, 4) is 5.75 Å². The minimum atomic E-state index is -0.867. The standard InChI is InChI=1S/C19H22Cl2N2O5/c1-12-5-7-19(8-6-12)17(25)23(18(26)22-19)11-15(24)27-9-10-28-16-13(20)3-2-4-14(16)21/h2-4,12H,5-11H2,1H3,(H,22,26). The van der Waals surface area contributed by atoms with Crippen LogP contribution in [0.5, 0.6) is 5.75 Å². The van der Waals surface area contributed by atoms with E-state index < -0.39 is 24.1 Å². The van der Waals surface area contributed by atoms with E-state index in [9.17, 15) is 14.4 Å². The van der Waals surface area contributed by atoms with Crippen LogP contribution in [0.15, 0.2) is 18.2 Å². The van der Waals surface area contributed by atoms with Gasteiger partial charge >= 0.3 is 12.0 Å². The molecule has 2 aliphatic rings. The lowest BCUT2D eigenvalue weighted by molar-refractivity contribution is -0.148. The van der Waals surface area contributed by atoms with Gasteiger partial charge in [-0.15, -0.1) is 0 Å². The van der Waals surface area contributed by atoms with E-state index in [1.54, 1.807) is 18.2 Å². The molecule has 1 saturated carbocycles. The van der Waals surface area contributed by atoms with E-state index in [1.807, 2.05) is 0 Å². The van der Waals surface area contributed by atoms with Crippen LogP contribution in [0.2, 0.25) is 10.0 Å². The third kappa shape index (κ3) is 4.36. The Morgan fingerprint density at radius 3 is 2.50 bits per heavy atom. The van der Waals surface area contributed by atoms with E-state index in [0.717, 1.165) is 17.7 Å². The molecule has 28 heavy (non-hydrogen) atoms. The fourth-order valence-corrected chi connectivity index (χ4v) is 4.01. The van der Waals surface area contributed by atoms with Gasteiger partial charge in [-0.05, 0) is 43.7 Å². The summed E-state index contributed by atoms with van der Waals surface area (Å²) in [5.74, 6) is -0.190. The van der Waals surface area contributed by atoms with Crippen molar-refractivity contribution in [3.63, 3.8) is 0 Å². The van der Waals surface area contributed by atoms with Crippen LogP contribution in [0.4, 0.5) is 4.79 Å². The second kappa shape index (κ2) is 8.57. The molecule has 0 bridgehead atoms. The first-order valence-electron chi connectivity index (χ1n) is 9.19. The second-order valence-corrected chi connectivity index (χ2v) is 8.02. The van der Waals surface area contributed by atoms with Gasteiger partial charge in [-0.25, -0.2) is 4.79 Å². The quantitative estimate of drug-likeness (QED) is 0.426. The van der Waals surface area contributed by atoms with Crippen LogP contribution in [0.1, 0.15) is 32.6 Å². The Morgan fingerprint density at radius 1 is 1.21 bits per heavy atom. The number of amides is 3. The average Bonchev–Trinajstić information content (AvgIpc) is 2.87. The van der Waals surface area contributed by atoms with E-state index in [2.05, 4.69) is 12.2 Å². The Balaban J connectivity index is 1.47. The van der Waals surface area contributed by atoms with Crippen molar-refractivity contribution in [2.75, 3.05) is 19.8 Å². The summed E-state index contributed by atoms with van der Waals surface area (Å²) in [6, 6.07) is 4.41. The number of nitrogens with zero attached hydrogens (tertiary/aromatic N) is 1. The van der Waals surface area contributed by atoms with E-state index in [1.165, 1.54) is 0 Å². The third-order valence-corrected chi connectivity index (χ3v) is 5.77. The van der Waals surface area contributed by atoms with Gasteiger partial charge in [0.05, 0.1) is 10.0 Å². The van der Waals surface area contributed by atoms with Gasteiger partial charge in [-0.1, -0.05) is 36.2 Å². The Kier molecular flexibility index (Phi) is 6.35. The molecule has 1 aromatic rings. The average molecular weight is 429 g/mol. The fraction of sp³-hybridized carbons (Fsp3) is 0.526. The van der Waals surface area contributed by atoms with Crippen LogP contribution in [0.3, 0.4) is 0 Å². The molecule has 3 rings (SSSR count). The van der Waals surface area contributed by atoms with E-state index >= 15 is 0 Å². The summed E-state index contributed by atoms with van der Waals surface area (Å²) >= 11 is 12.0. The molecule has 1 aromatic carbocycles. The van der Waals surface area contributed by atoms with Gasteiger partial charge in [0.1, 0.15) is 25.3 Å². The number of benzene rings is 1. The summed E-state index contributed by atoms with van der Waals surface area (Å²) in [5, 5.41) is 3.48. The highest BCUT2D eigenvalue weighted by Crippen LogP contribution is 2.36. The minimum Gasteiger partial charge on any atom is -0.487 e. The third-order valence-electron chi connectivity index (χ3n) is 5.17. The van der Waals surface area contributed by atoms with Gasteiger partial charge < -0.3 is 14.8 Å². The Bertz CT molecular complexity index is 757. The lowest BCUT2D eigenvalue weighted by Crippen LogP contribution is -2.49. The number of nitrogens with one attached hydrogen (secondary N) is 1. The van der Waals surface area contributed by atoms with Crippen molar-refractivity contribution in [1.29, 1.82) is 0 Å². The van der Waals surface area contributed by atoms with Gasteiger partial charge in [-0.2, -0.15) is 0 Å². The normalized spacial score (nSPS) is 24.4. The molecular formula is C19H22Cl2N2O5. The maximum atomic E-state index is 12.7. The van der Waals surface area contributed by atoms with Gasteiger partial charge in [0.25, 0.3) is 5.91 Å². The molecule has 7 nitrogen and oxygen atoms in total. The number of esters is 1. The van der Waals surface area contributed by atoms with Gasteiger partial charge in [0.15, 0.2) is 5.75 Å². The summed E-state index contributed by atoms with van der Waals surface area (Å²) in [6.07, 6.45) is 2.92. The number of halogens is 2. The molecule has 1 saturated heterocycles. The largest absolute Gasteiger partial charge is 0.487 e. The first-order valence-corrected chi connectivity index (χ1v) is 9.94. The second-order valence-electron chi connectivity index (χ2n) is 7.21. The maximum absolute atomic E-state index is 12.7. The van der Waals surface area contributed by atoms with Crippen molar-refractivity contribution in [1.82, 2.24) is 10.2 Å². The van der Waals surface area contributed by atoms with Crippen LogP contribution in [0, 0.1) is 5.92 Å². The molecule has 0 unspecified atom stereocenters. The molecule has 1 spiro atoms. The van der Waals surface area contributed by atoms with E-state index in [-0.39, 0.29) is 19.1 Å². The first-order chi connectivity index (χ1) is 13.3. The van der Waals surface area contributed by atoms with Crippen LogP contribution in [-0.2, 0) is 14.3 Å². The van der Waals surface area contributed by atoms with Crippen molar-refractivity contribution in [2.45, 2.75) is 38.1 Å². The predicted octanol–water partition coefficient (Wildman–Crippen LogP) is 3.42. The summed E-state index contributed by atoms with van der Waals surface area (Å²) in [5.41, 5.74) is -0.867. The van der Waals surface area contributed by atoms with Crippen molar-refractivity contribution < 1.29 is 23.9 Å². The predicted molar refractivity (Wildman–Crippen MR) is 104 cm³/mol. The number of carbonyl (C=O) groups excluding carboxylic acids is 3. The molecule has 2 fully saturated rings. The summed E-state index contributed by atoms with van der Waals surface area (Å²) in [7, 11) is 0. The zero-order valence-electron chi connectivity index (χ0n) is 15.5. The molecule has 0 aromatic heterocycles. The molecule has 1 aliphatic carbocycles. The lowest BCUT2D eigenvalue weighted by Gasteiger charge is -2.33. The molecule has 1 aliphatic heterocycles. The number of imide groups is 1. The van der Waals surface area contributed by atoms with E-state index in [4.69, 9.17) is 32.7 Å². The molecule has 0 atom stereocenters. The highest BCUT2D eigenvalue weighted by atomic mass is 35.5.